The van der Waals surface area contributed by atoms with E-state index < -0.39 is 35.6 Å². The van der Waals surface area contributed by atoms with Gasteiger partial charge in [0, 0.05) is 12.2 Å². The van der Waals surface area contributed by atoms with Crippen molar-refractivity contribution in [3.8, 4) is 0 Å². The van der Waals surface area contributed by atoms with Gasteiger partial charge in [-0.3, -0.25) is 9.59 Å². The van der Waals surface area contributed by atoms with E-state index in [2.05, 4.69) is 21.3 Å². The lowest BCUT2D eigenvalue weighted by molar-refractivity contribution is -0.126. The van der Waals surface area contributed by atoms with Crippen LogP contribution in [0.1, 0.15) is 39.2 Å². The van der Waals surface area contributed by atoms with E-state index >= 15 is 0 Å². The zero-order chi connectivity index (χ0) is 23.4. The Morgan fingerprint density at radius 3 is 2.29 bits per heavy atom. The van der Waals surface area contributed by atoms with Gasteiger partial charge >= 0.3 is 12.1 Å². The molecule has 0 aromatic heterocycles. The van der Waals surface area contributed by atoms with Crippen LogP contribution in [0.25, 0.3) is 0 Å². The quantitative estimate of drug-likeness (QED) is 0.292. The highest BCUT2D eigenvalue weighted by Crippen LogP contribution is 2.11. The van der Waals surface area contributed by atoms with Crippen molar-refractivity contribution in [1.29, 1.82) is 0 Å². The van der Waals surface area contributed by atoms with Gasteiger partial charge in [-0.1, -0.05) is 12.1 Å². The van der Waals surface area contributed by atoms with Gasteiger partial charge in [0.1, 0.15) is 18.2 Å². The highest BCUT2D eigenvalue weighted by Gasteiger charge is 2.22. The predicted molar refractivity (Wildman–Crippen MR) is 114 cm³/mol. The highest BCUT2D eigenvalue weighted by atomic mass is 16.6. The summed E-state index contributed by atoms with van der Waals surface area (Å²) in [6.45, 7) is 4.82. The maximum absolute atomic E-state index is 12.7. The van der Waals surface area contributed by atoms with Crippen molar-refractivity contribution in [2.24, 2.45) is 5.73 Å². The van der Waals surface area contributed by atoms with Gasteiger partial charge in [0.2, 0.25) is 11.8 Å². The fraction of sp³-hybridized carbons (Fsp3) is 0.500. The third-order valence-electron chi connectivity index (χ3n) is 3.82. The number of aliphatic hydroxyl groups is 1. The zero-order valence-corrected chi connectivity index (χ0v) is 18.0. The van der Waals surface area contributed by atoms with Crippen molar-refractivity contribution in [3.63, 3.8) is 0 Å². The second kappa shape index (κ2) is 12.4. The molecule has 7 N–H and O–H groups in total. The molecule has 0 bridgehead atoms. The molecule has 11 nitrogen and oxygen atoms in total. The number of hydrogen-bond acceptors (Lipinski definition) is 6. The number of ether oxygens (including phenoxy) is 1. The fourth-order valence-electron chi connectivity index (χ4n) is 2.42. The van der Waals surface area contributed by atoms with Crippen LogP contribution in [0.3, 0.4) is 0 Å². The fourth-order valence-corrected chi connectivity index (χ4v) is 2.42. The van der Waals surface area contributed by atoms with Crippen LogP contribution in [0.4, 0.5) is 15.3 Å². The number of amides is 5. The number of aliphatic hydroxyl groups excluding tert-OH is 1. The van der Waals surface area contributed by atoms with Crippen molar-refractivity contribution in [3.05, 3.63) is 29.8 Å². The molecule has 1 aromatic rings. The first-order valence-corrected chi connectivity index (χ1v) is 9.80. The summed E-state index contributed by atoms with van der Waals surface area (Å²) in [7, 11) is 0. The largest absolute Gasteiger partial charge is 0.444 e. The third-order valence-corrected chi connectivity index (χ3v) is 3.82. The molecule has 1 rings (SSSR count). The number of carbonyl (C=O) groups is 4. The third kappa shape index (κ3) is 11.4. The number of anilines is 1. The van der Waals surface area contributed by atoms with Crippen molar-refractivity contribution in [1.82, 2.24) is 16.0 Å². The summed E-state index contributed by atoms with van der Waals surface area (Å²) in [4.78, 5) is 47.4. The standard InChI is InChI=1S/C20H31N5O6/c1-20(2,3)31-19(30)23-11-16(27)25-15(5-4-10-22-18(21)29)17(28)24-14-8-6-13(12-26)7-9-14/h6-9,15,26H,4-5,10-12H2,1-3H3,(H,23,30)(H,24,28)(H,25,27)(H3,21,22,29). The van der Waals surface area contributed by atoms with Gasteiger partial charge < -0.3 is 36.8 Å². The predicted octanol–water partition coefficient (Wildman–Crippen LogP) is 0.575. The van der Waals surface area contributed by atoms with Crippen LogP contribution in [0, 0.1) is 0 Å². The normalized spacial score (nSPS) is 11.7. The number of carbonyl (C=O) groups excluding carboxylic acids is 4. The minimum atomic E-state index is -0.917. The zero-order valence-electron chi connectivity index (χ0n) is 18.0. The lowest BCUT2D eigenvalue weighted by Gasteiger charge is -2.21. The number of hydrogen-bond donors (Lipinski definition) is 6. The number of benzene rings is 1. The molecule has 1 unspecified atom stereocenters. The van der Waals surface area contributed by atoms with E-state index in [9.17, 15) is 19.2 Å². The first-order chi connectivity index (χ1) is 14.5. The van der Waals surface area contributed by atoms with Crippen LogP contribution >= 0.6 is 0 Å². The highest BCUT2D eigenvalue weighted by molar-refractivity contribution is 5.97. The Labute approximate surface area is 181 Å². The summed E-state index contributed by atoms with van der Waals surface area (Å²) in [5.41, 5.74) is 5.49. The van der Waals surface area contributed by atoms with Crippen molar-refractivity contribution < 1.29 is 29.0 Å². The van der Waals surface area contributed by atoms with Crippen LogP contribution in [0.2, 0.25) is 0 Å². The number of alkyl carbamates (subject to hydrolysis) is 1. The molecule has 0 aliphatic carbocycles. The van der Waals surface area contributed by atoms with Gasteiger partial charge in [0.15, 0.2) is 0 Å². The summed E-state index contributed by atoms with van der Waals surface area (Å²) < 4.78 is 5.06. The second-order valence-corrected chi connectivity index (χ2v) is 7.75. The lowest BCUT2D eigenvalue weighted by Crippen LogP contribution is -2.48. The molecule has 1 atom stereocenters. The molecule has 0 heterocycles. The van der Waals surface area contributed by atoms with Gasteiger partial charge in [-0.05, 0) is 51.3 Å². The number of nitrogens with one attached hydrogen (secondary N) is 4. The van der Waals surface area contributed by atoms with Crippen LogP contribution < -0.4 is 27.0 Å². The van der Waals surface area contributed by atoms with Crippen LogP contribution in [-0.2, 0) is 20.9 Å². The Morgan fingerprint density at radius 1 is 1.10 bits per heavy atom. The Morgan fingerprint density at radius 2 is 1.74 bits per heavy atom. The van der Waals surface area contributed by atoms with Gasteiger partial charge in [0.05, 0.1) is 6.61 Å². The van der Waals surface area contributed by atoms with Crippen molar-refractivity contribution in [2.75, 3.05) is 18.4 Å². The molecular formula is C20H31N5O6. The summed E-state index contributed by atoms with van der Waals surface area (Å²) in [5.74, 6) is -1.05. The summed E-state index contributed by atoms with van der Waals surface area (Å²) >= 11 is 0. The van der Waals surface area contributed by atoms with Crippen LogP contribution in [-0.4, -0.2) is 53.8 Å². The average Bonchev–Trinajstić information content (AvgIpc) is 2.67. The number of primary amides is 1. The molecule has 0 fully saturated rings. The molecule has 5 amide bonds. The van der Waals surface area contributed by atoms with Crippen molar-refractivity contribution >= 4 is 29.6 Å². The van der Waals surface area contributed by atoms with Crippen molar-refractivity contribution in [2.45, 2.75) is 51.9 Å². The van der Waals surface area contributed by atoms with Crippen LogP contribution in [0.15, 0.2) is 24.3 Å². The van der Waals surface area contributed by atoms with Gasteiger partial charge in [-0.2, -0.15) is 0 Å². The topological polar surface area (TPSA) is 172 Å². The van der Waals surface area contributed by atoms with E-state index in [1.54, 1.807) is 45.0 Å². The smallest absolute Gasteiger partial charge is 0.408 e. The number of rotatable bonds is 10. The number of nitrogens with two attached hydrogens (primary N) is 1. The van der Waals surface area contributed by atoms with E-state index in [1.807, 2.05) is 0 Å². The Balaban J connectivity index is 2.68. The molecule has 0 aliphatic heterocycles. The van der Waals surface area contributed by atoms with E-state index in [-0.39, 0.29) is 26.1 Å². The average molecular weight is 437 g/mol. The van der Waals surface area contributed by atoms with Gasteiger partial charge in [-0.15, -0.1) is 0 Å². The molecule has 0 spiro atoms. The molecule has 0 radical (unpaired) electrons. The summed E-state index contributed by atoms with van der Waals surface area (Å²) in [6.07, 6.45) is -0.151. The minimum absolute atomic E-state index is 0.121. The summed E-state index contributed by atoms with van der Waals surface area (Å²) in [5, 5.41) is 19.1. The molecule has 0 saturated carbocycles. The van der Waals surface area contributed by atoms with E-state index in [4.69, 9.17) is 15.6 Å². The maximum atomic E-state index is 12.7. The monoisotopic (exact) mass is 437 g/mol. The molecular weight excluding hydrogens is 406 g/mol. The van der Waals surface area contributed by atoms with Crippen LogP contribution in [0.5, 0.6) is 0 Å². The Bertz CT molecular complexity index is 760. The molecule has 172 valence electrons. The summed E-state index contributed by atoms with van der Waals surface area (Å²) in [6, 6.07) is 4.97. The van der Waals surface area contributed by atoms with E-state index in [0.29, 0.717) is 17.7 Å². The molecule has 0 aliphatic rings. The van der Waals surface area contributed by atoms with Gasteiger partial charge in [-0.25, -0.2) is 9.59 Å². The first kappa shape index (κ1) is 25.7. The Hall–Kier alpha value is -3.34. The van der Waals surface area contributed by atoms with E-state index in [0.717, 1.165) is 0 Å². The van der Waals surface area contributed by atoms with E-state index in [1.165, 1.54) is 0 Å². The minimum Gasteiger partial charge on any atom is -0.444 e. The SMILES string of the molecule is CC(C)(C)OC(=O)NCC(=O)NC(CCCNC(N)=O)C(=O)Nc1ccc(CO)cc1. The molecule has 31 heavy (non-hydrogen) atoms. The van der Waals surface area contributed by atoms with Gasteiger partial charge in [0.25, 0.3) is 0 Å². The molecule has 11 heteroatoms. The second-order valence-electron chi connectivity index (χ2n) is 7.75. The first-order valence-electron chi connectivity index (χ1n) is 9.80. The number of urea groups is 1. The molecule has 0 saturated heterocycles. The lowest BCUT2D eigenvalue weighted by atomic mass is 10.1. The molecule has 1 aromatic carbocycles. The maximum Gasteiger partial charge on any atom is 0.408 e. The Kier molecular flexibility index (Phi) is 10.3.